The van der Waals surface area contributed by atoms with Gasteiger partial charge >= 0.3 is 7.82 Å². The van der Waals surface area contributed by atoms with E-state index in [0.717, 1.165) is 38.5 Å². The van der Waals surface area contributed by atoms with Crippen molar-refractivity contribution in [3.8, 4) is 0 Å². The van der Waals surface area contributed by atoms with E-state index >= 15 is 0 Å². The van der Waals surface area contributed by atoms with Gasteiger partial charge in [-0.1, -0.05) is 162 Å². The summed E-state index contributed by atoms with van der Waals surface area (Å²) in [5, 5.41) is 24.0. The molecular formula is C35H73N2O7P. The molecule has 0 bridgehead atoms. The number of amides is 1. The molecule has 270 valence electrons. The quantitative estimate of drug-likeness (QED) is 0.0334. The van der Waals surface area contributed by atoms with Crippen molar-refractivity contribution >= 4 is 13.7 Å². The van der Waals surface area contributed by atoms with E-state index in [1.54, 1.807) is 0 Å². The van der Waals surface area contributed by atoms with Crippen LogP contribution < -0.4 is 11.1 Å². The zero-order valence-electron chi connectivity index (χ0n) is 29.2. The number of phosphoric ester groups is 1. The van der Waals surface area contributed by atoms with Gasteiger partial charge in [-0.3, -0.25) is 13.8 Å². The molecule has 4 atom stereocenters. The molecule has 0 saturated heterocycles. The number of nitrogens with two attached hydrogens (primary N) is 1. The standard InChI is InChI=1S/C35H73N2O7P/c1-3-5-7-9-11-13-15-16-17-18-20-22-24-26-32(38)30-35(40)37-33(31-44-45(41,42)43-29-28-36)34(39)27-25-23-21-19-14-12-10-8-6-4-2/h32-34,38-39H,3-31,36H2,1-2H3,(H,37,40)(H,41,42). The van der Waals surface area contributed by atoms with Crippen LogP contribution in [0.15, 0.2) is 0 Å². The van der Waals surface area contributed by atoms with Crippen molar-refractivity contribution in [2.24, 2.45) is 5.73 Å². The van der Waals surface area contributed by atoms with Gasteiger partial charge < -0.3 is 26.2 Å². The predicted octanol–water partition coefficient (Wildman–Crippen LogP) is 8.47. The maximum Gasteiger partial charge on any atom is 0.472 e. The Labute approximate surface area is 276 Å². The minimum absolute atomic E-state index is 0.0621. The largest absolute Gasteiger partial charge is 0.472 e. The van der Waals surface area contributed by atoms with Gasteiger partial charge in [0, 0.05) is 6.54 Å². The first-order valence-corrected chi connectivity index (χ1v) is 20.2. The molecule has 1 amide bonds. The van der Waals surface area contributed by atoms with E-state index in [1.807, 2.05) is 0 Å². The monoisotopic (exact) mass is 665 g/mol. The normalized spacial score (nSPS) is 15.1. The summed E-state index contributed by atoms with van der Waals surface area (Å²) in [7, 11) is -4.36. The lowest BCUT2D eigenvalue weighted by atomic mass is 10.0. The van der Waals surface area contributed by atoms with Crippen LogP contribution in [0.4, 0.5) is 0 Å². The highest BCUT2D eigenvalue weighted by Gasteiger charge is 2.28. The molecule has 0 aliphatic carbocycles. The molecule has 10 heteroatoms. The third kappa shape index (κ3) is 30.5. The molecule has 45 heavy (non-hydrogen) atoms. The molecule has 0 aromatic heterocycles. The first-order valence-electron chi connectivity index (χ1n) is 18.7. The SMILES string of the molecule is CCCCCCCCCCCCCCCC(O)CC(=O)NC(COP(=O)(O)OCCN)C(O)CCCCCCCCCCCC. The van der Waals surface area contributed by atoms with Crippen LogP contribution >= 0.6 is 7.82 Å². The van der Waals surface area contributed by atoms with Crippen LogP contribution in [0.25, 0.3) is 0 Å². The molecule has 0 radical (unpaired) electrons. The molecule has 0 aromatic rings. The topological polar surface area (TPSA) is 151 Å². The van der Waals surface area contributed by atoms with Gasteiger partial charge in [0.25, 0.3) is 0 Å². The van der Waals surface area contributed by atoms with Crippen LogP contribution in [0.2, 0.25) is 0 Å². The Morgan fingerprint density at radius 3 is 1.49 bits per heavy atom. The van der Waals surface area contributed by atoms with E-state index < -0.39 is 32.0 Å². The van der Waals surface area contributed by atoms with Crippen LogP contribution in [0.1, 0.15) is 181 Å². The van der Waals surface area contributed by atoms with Crippen molar-refractivity contribution in [3.05, 3.63) is 0 Å². The maximum absolute atomic E-state index is 12.7. The smallest absolute Gasteiger partial charge is 0.393 e. The first kappa shape index (κ1) is 44.5. The lowest BCUT2D eigenvalue weighted by Crippen LogP contribution is -2.47. The highest BCUT2D eigenvalue weighted by Crippen LogP contribution is 2.43. The van der Waals surface area contributed by atoms with Crippen molar-refractivity contribution in [2.45, 2.75) is 199 Å². The van der Waals surface area contributed by atoms with E-state index in [2.05, 4.69) is 19.2 Å². The van der Waals surface area contributed by atoms with Gasteiger partial charge in [-0.25, -0.2) is 4.57 Å². The van der Waals surface area contributed by atoms with Crippen LogP contribution in [0.5, 0.6) is 0 Å². The van der Waals surface area contributed by atoms with Crippen LogP contribution in [-0.2, 0) is 18.4 Å². The number of aliphatic hydroxyl groups excluding tert-OH is 2. The predicted molar refractivity (Wildman–Crippen MR) is 186 cm³/mol. The lowest BCUT2D eigenvalue weighted by molar-refractivity contribution is -0.125. The Bertz CT molecular complexity index is 701. The van der Waals surface area contributed by atoms with Crippen molar-refractivity contribution in [1.29, 1.82) is 0 Å². The Morgan fingerprint density at radius 2 is 1.07 bits per heavy atom. The zero-order chi connectivity index (χ0) is 33.4. The van der Waals surface area contributed by atoms with Gasteiger partial charge in [0.2, 0.25) is 5.91 Å². The minimum atomic E-state index is -4.36. The Kier molecular flexibility index (Phi) is 31.6. The summed E-state index contributed by atoms with van der Waals surface area (Å²) in [4.78, 5) is 22.6. The average Bonchev–Trinajstić information content (AvgIpc) is 3.01. The van der Waals surface area contributed by atoms with E-state index in [9.17, 15) is 24.5 Å². The molecule has 4 unspecified atom stereocenters. The van der Waals surface area contributed by atoms with E-state index in [4.69, 9.17) is 14.8 Å². The third-order valence-corrected chi connectivity index (χ3v) is 9.50. The number of phosphoric acid groups is 1. The van der Waals surface area contributed by atoms with Gasteiger partial charge in [-0.05, 0) is 12.8 Å². The number of rotatable bonds is 35. The highest BCUT2D eigenvalue weighted by atomic mass is 31.2. The molecule has 0 aliphatic heterocycles. The summed E-state index contributed by atoms with van der Waals surface area (Å²) in [5.74, 6) is -0.413. The lowest BCUT2D eigenvalue weighted by Gasteiger charge is -2.25. The zero-order valence-corrected chi connectivity index (χ0v) is 30.1. The average molecular weight is 665 g/mol. The number of hydrogen-bond donors (Lipinski definition) is 5. The number of carbonyl (C=O) groups excluding carboxylic acids is 1. The fourth-order valence-electron chi connectivity index (χ4n) is 5.65. The summed E-state index contributed by atoms with van der Waals surface area (Å²) >= 11 is 0. The van der Waals surface area contributed by atoms with E-state index in [-0.39, 0.29) is 26.2 Å². The molecule has 0 rings (SSSR count). The number of hydrogen-bond acceptors (Lipinski definition) is 7. The van der Waals surface area contributed by atoms with Crippen LogP contribution in [0.3, 0.4) is 0 Å². The summed E-state index contributed by atoms with van der Waals surface area (Å²) in [5.41, 5.74) is 5.34. The summed E-state index contributed by atoms with van der Waals surface area (Å²) in [6.07, 6.45) is 27.2. The summed E-state index contributed by atoms with van der Waals surface area (Å²) < 4.78 is 22.0. The number of carbonyl (C=O) groups is 1. The van der Waals surface area contributed by atoms with Gasteiger partial charge in [0.05, 0.1) is 37.9 Å². The fraction of sp³-hybridized carbons (Fsp3) is 0.971. The number of unbranched alkanes of at least 4 members (excludes halogenated alkanes) is 21. The molecule has 0 heterocycles. The van der Waals surface area contributed by atoms with E-state index in [1.165, 1.54) is 109 Å². The first-order chi connectivity index (χ1) is 21.8. The van der Waals surface area contributed by atoms with Crippen molar-refractivity contribution in [1.82, 2.24) is 5.32 Å². The summed E-state index contributed by atoms with van der Waals surface area (Å²) in [6, 6.07) is -0.887. The fourth-order valence-corrected chi connectivity index (χ4v) is 6.41. The number of nitrogens with one attached hydrogen (secondary N) is 1. The van der Waals surface area contributed by atoms with Crippen molar-refractivity contribution in [2.75, 3.05) is 19.8 Å². The molecule has 0 spiro atoms. The highest BCUT2D eigenvalue weighted by molar-refractivity contribution is 7.47. The molecule has 0 aromatic carbocycles. The number of aliphatic hydroxyl groups is 2. The molecule has 6 N–H and O–H groups in total. The van der Waals surface area contributed by atoms with Crippen molar-refractivity contribution < 1.29 is 33.5 Å². The Hall–Kier alpha value is -0.540. The minimum Gasteiger partial charge on any atom is -0.393 e. The molecular weight excluding hydrogens is 591 g/mol. The second kappa shape index (κ2) is 32.0. The molecule has 0 fully saturated rings. The van der Waals surface area contributed by atoms with Gasteiger partial charge in [0.1, 0.15) is 0 Å². The second-order valence-electron chi connectivity index (χ2n) is 13.0. The van der Waals surface area contributed by atoms with Gasteiger partial charge in [-0.2, -0.15) is 0 Å². The third-order valence-electron chi connectivity index (χ3n) is 8.52. The van der Waals surface area contributed by atoms with Gasteiger partial charge in [-0.15, -0.1) is 0 Å². The molecule has 0 saturated carbocycles. The van der Waals surface area contributed by atoms with E-state index in [0.29, 0.717) is 12.8 Å². The van der Waals surface area contributed by atoms with Crippen LogP contribution in [0, 0.1) is 0 Å². The molecule has 9 nitrogen and oxygen atoms in total. The van der Waals surface area contributed by atoms with Crippen LogP contribution in [-0.4, -0.2) is 59.0 Å². The Balaban J connectivity index is 4.34. The second-order valence-corrected chi connectivity index (χ2v) is 14.4. The molecule has 0 aliphatic rings. The van der Waals surface area contributed by atoms with Crippen molar-refractivity contribution in [3.63, 3.8) is 0 Å². The van der Waals surface area contributed by atoms with Gasteiger partial charge in [0.15, 0.2) is 0 Å². The maximum atomic E-state index is 12.7. The summed E-state index contributed by atoms with van der Waals surface area (Å²) in [6.45, 7) is 4.02. The Morgan fingerprint density at radius 1 is 0.667 bits per heavy atom.